The van der Waals surface area contributed by atoms with E-state index in [1.807, 2.05) is 0 Å². The minimum Gasteiger partial charge on any atom is -0.396 e. The summed E-state index contributed by atoms with van der Waals surface area (Å²) in [5.74, 6) is 1.37. The monoisotopic (exact) mass is 201 g/mol. The van der Waals surface area contributed by atoms with Crippen LogP contribution in [0.2, 0.25) is 0 Å². The zero-order valence-electron chi connectivity index (χ0n) is 10.2. The third kappa shape index (κ3) is 5.61. The molecule has 0 aromatic carbocycles. The van der Waals surface area contributed by atoms with Crippen molar-refractivity contribution < 1.29 is 5.11 Å². The molecule has 0 radical (unpaired) electrons. The molecule has 3 atom stereocenters. The Balaban J connectivity index is 3.67. The third-order valence-electron chi connectivity index (χ3n) is 3.34. The molecule has 0 aromatic heterocycles. The molecule has 14 heavy (non-hydrogen) atoms. The van der Waals surface area contributed by atoms with Gasteiger partial charge >= 0.3 is 0 Å². The predicted molar refractivity (Wildman–Crippen MR) is 62.4 cm³/mol. The lowest BCUT2D eigenvalue weighted by Gasteiger charge is -2.23. The van der Waals surface area contributed by atoms with E-state index in [1.165, 1.54) is 6.42 Å². The number of aliphatic hydroxyl groups is 1. The zero-order valence-corrected chi connectivity index (χ0v) is 10.2. The van der Waals surface area contributed by atoms with E-state index in [9.17, 15) is 0 Å². The first-order chi connectivity index (χ1) is 6.65. The second-order valence-corrected chi connectivity index (χ2v) is 4.37. The second-order valence-electron chi connectivity index (χ2n) is 4.37. The van der Waals surface area contributed by atoms with Crippen molar-refractivity contribution in [3.05, 3.63) is 0 Å². The minimum absolute atomic E-state index is 0.317. The first-order valence-corrected chi connectivity index (χ1v) is 5.99. The molecule has 86 valence electrons. The van der Waals surface area contributed by atoms with Gasteiger partial charge in [-0.05, 0) is 31.7 Å². The molecule has 0 saturated carbocycles. The molecule has 3 unspecified atom stereocenters. The molecule has 0 bridgehead atoms. The lowest BCUT2D eigenvalue weighted by atomic mass is 9.98. The third-order valence-corrected chi connectivity index (χ3v) is 3.34. The van der Waals surface area contributed by atoms with Gasteiger partial charge in [0, 0.05) is 12.6 Å². The molecule has 2 nitrogen and oxygen atoms in total. The fourth-order valence-corrected chi connectivity index (χ4v) is 1.54. The summed E-state index contributed by atoms with van der Waals surface area (Å²) in [5, 5.41) is 12.4. The van der Waals surface area contributed by atoms with E-state index in [2.05, 4.69) is 33.0 Å². The average molecular weight is 201 g/mol. The van der Waals surface area contributed by atoms with Crippen LogP contribution in [0.4, 0.5) is 0 Å². The number of nitrogens with one attached hydrogen (secondary N) is 1. The molecule has 0 aliphatic carbocycles. The fraction of sp³-hybridized carbons (Fsp3) is 1.00. The van der Waals surface area contributed by atoms with E-state index in [0.29, 0.717) is 18.6 Å². The molecule has 2 heteroatoms. The molecule has 0 aliphatic heterocycles. The minimum atomic E-state index is 0.317. The van der Waals surface area contributed by atoms with Crippen molar-refractivity contribution >= 4 is 0 Å². The summed E-state index contributed by atoms with van der Waals surface area (Å²) in [6, 6.07) is 0.591. The summed E-state index contributed by atoms with van der Waals surface area (Å²) < 4.78 is 0. The maximum Gasteiger partial charge on any atom is 0.0434 e. The number of aliphatic hydroxyl groups excluding tert-OH is 1. The van der Waals surface area contributed by atoms with Gasteiger partial charge in [-0.25, -0.2) is 0 Å². The second kappa shape index (κ2) is 8.25. The highest BCUT2D eigenvalue weighted by atomic mass is 16.3. The van der Waals surface area contributed by atoms with Gasteiger partial charge in [0.2, 0.25) is 0 Å². The van der Waals surface area contributed by atoms with Crippen LogP contribution >= 0.6 is 0 Å². The van der Waals surface area contributed by atoms with E-state index >= 15 is 0 Å². The van der Waals surface area contributed by atoms with E-state index in [0.717, 1.165) is 25.3 Å². The van der Waals surface area contributed by atoms with Crippen LogP contribution in [-0.4, -0.2) is 24.3 Å². The van der Waals surface area contributed by atoms with E-state index in [4.69, 9.17) is 5.11 Å². The number of hydrogen-bond acceptors (Lipinski definition) is 2. The molecule has 0 fully saturated rings. The maximum absolute atomic E-state index is 8.86. The summed E-state index contributed by atoms with van der Waals surface area (Å²) in [6.45, 7) is 10.3. The van der Waals surface area contributed by atoms with Crippen molar-refractivity contribution in [2.75, 3.05) is 13.2 Å². The van der Waals surface area contributed by atoms with Gasteiger partial charge in [-0.15, -0.1) is 0 Å². The molecular formula is C12H27NO. The molecule has 2 N–H and O–H groups in total. The van der Waals surface area contributed by atoms with Crippen LogP contribution in [0.5, 0.6) is 0 Å². The van der Waals surface area contributed by atoms with Gasteiger partial charge in [0.25, 0.3) is 0 Å². The summed E-state index contributed by atoms with van der Waals surface area (Å²) >= 11 is 0. The Morgan fingerprint density at radius 3 is 2.21 bits per heavy atom. The highest BCUT2D eigenvalue weighted by Gasteiger charge is 2.11. The first-order valence-electron chi connectivity index (χ1n) is 5.99. The molecule has 0 aromatic rings. The van der Waals surface area contributed by atoms with E-state index in [-0.39, 0.29) is 0 Å². The molecule has 0 rings (SSSR count). The Bertz CT molecular complexity index is 125. The highest BCUT2D eigenvalue weighted by Crippen LogP contribution is 2.10. The van der Waals surface area contributed by atoms with Crippen molar-refractivity contribution in [2.24, 2.45) is 11.8 Å². The smallest absolute Gasteiger partial charge is 0.0434 e. The van der Waals surface area contributed by atoms with Gasteiger partial charge in [-0.3, -0.25) is 0 Å². The van der Waals surface area contributed by atoms with E-state index in [1.54, 1.807) is 0 Å². The standard InChI is InChI=1S/C12H27NO/c1-5-10(3)11(4)13-9-12(6-2)7-8-14/h10-14H,5-9H2,1-4H3. The Morgan fingerprint density at radius 2 is 1.79 bits per heavy atom. The van der Waals surface area contributed by atoms with Gasteiger partial charge < -0.3 is 10.4 Å². The van der Waals surface area contributed by atoms with Gasteiger partial charge in [0.15, 0.2) is 0 Å². The number of hydrogen-bond donors (Lipinski definition) is 2. The largest absolute Gasteiger partial charge is 0.396 e. The van der Waals surface area contributed by atoms with Gasteiger partial charge in [-0.2, -0.15) is 0 Å². The van der Waals surface area contributed by atoms with Crippen molar-refractivity contribution in [1.29, 1.82) is 0 Å². The van der Waals surface area contributed by atoms with E-state index < -0.39 is 0 Å². The topological polar surface area (TPSA) is 32.3 Å². The molecular weight excluding hydrogens is 174 g/mol. The summed E-state index contributed by atoms with van der Waals surface area (Å²) in [4.78, 5) is 0. The Labute approximate surface area is 89.1 Å². The van der Waals surface area contributed by atoms with Crippen LogP contribution in [0, 0.1) is 11.8 Å². The maximum atomic E-state index is 8.86. The lowest BCUT2D eigenvalue weighted by Crippen LogP contribution is -2.35. The zero-order chi connectivity index (χ0) is 11.0. The quantitative estimate of drug-likeness (QED) is 0.632. The SMILES string of the molecule is CCC(CCO)CNC(C)C(C)CC. The Hall–Kier alpha value is -0.0800. The Morgan fingerprint density at radius 1 is 1.14 bits per heavy atom. The molecule has 0 aliphatic rings. The van der Waals surface area contributed by atoms with Gasteiger partial charge in [0.1, 0.15) is 0 Å². The van der Waals surface area contributed by atoms with Crippen molar-refractivity contribution in [3.8, 4) is 0 Å². The van der Waals surface area contributed by atoms with Crippen molar-refractivity contribution in [3.63, 3.8) is 0 Å². The lowest BCUT2D eigenvalue weighted by molar-refractivity contribution is 0.244. The van der Waals surface area contributed by atoms with Crippen LogP contribution < -0.4 is 5.32 Å². The summed E-state index contributed by atoms with van der Waals surface area (Å²) in [5.41, 5.74) is 0. The normalized spacial score (nSPS) is 17.8. The summed E-state index contributed by atoms with van der Waals surface area (Å²) in [6.07, 6.45) is 3.31. The number of rotatable bonds is 8. The molecule has 0 spiro atoms. The molecule has 0 saturated heterocycles. The Kier molecular flexibility index (Phi) is 8.20. The average Bonchev–Trinajstić information content (AvgIpc) is 2.22. The van der Waals surface area contributed by atoms with Crippen molar-refractivity contribution in [2.45, 2.75) is 53.0 Å². The fourth-order valence-electron chi connectivity index (χ4n) is 1.54. The van der Waals surface area contributed by atoms with Crippen molar-refractivity contribution in [1.82, 2.24) is 5.32 Å². The van der Waals surface area contributed by atoms with Gasteiger partial charge in [0.05, 0.1) is 0 Å². The van der Waals surface area contributed by atoms with Crippen LogP contribution in [0.15, 0.2) is 0 Å². The molecule has 0 amide bonds. The summed E-state index contributed by atoms with van der Waals surface area (Å²) in [7, 11) is 0. The highest BCUT2D eigenvalue weighted by molar-refractivity contribution is 4.69. The van der Waals surface area contributed by atoms with Crippen LogP contribution in [0.3, 0.4) is 0 Å². The van der Waals surface area contributed by atoms with Gasteiger partial charge in [-0.1, -0.05) is 33.6 Å². The predicted octanol–water partition coefficient (Wildman–Crippen LogP) is 2.42. The van der Waals surface area contributed by atoms with Crippen LogP contribution in [0.25, 0.3) is 0 Å². The van der Waals surface area contributed by atoms with Crippen LogP contribution in [-0.2, 0) is 0 Å². The molecule has 0 heterocycles. The first kappa shape index (κ1) is 13.9. The van der Waals surface area contributed by atoms with Crippen LogP contribution in [0.1, 0.15) is 47.0 Å².